The van der Waals surface area contributed by atoms with Crippen molar-refractivity contribution in [3.8, 4) is 11.1 Å². The molecule has 27 heavy (non-hydrogen) atoms. The fourth-order valence-electron chi connectivity index (χ4n) is 3.14. The Balaban J connectivity index is 2.13. The summed E-state index contributed by atoms with van der Waals surface area (Å²) < 4.78 is 29.1. The van der Waals surface area contributed by atoms with E-state index in [0.29, 0.717) is 28.5 Å². The van der Waals surface area contributed by atoms with Gasteiger partial charge in [0.15, 0.2) is 0 Å². The van der Waals surface area contributed by atoms with Crippen LogP contribution in [0.2, 0.25) is 0 Å². The standard InChI is InChI=1S/C21H23N3O2S/c1-13-7-6-8-18(11-13)19-12-14(2)9-10-20(19)27(25,26)24-21-15(3)22-17(5)23-16(21)4/h6-12,24H,1-5H3. The van der Waals surface area contributed by atoms with Crippen molar-refractivity contribution in [1.82, 2.24) is 9.97 Å². The zero-order valence-electron chi connectivity index (χ0n) is 16.2. The molecule has 1 N–H and O–H groups in total. The second-order valence-electron chi connectivity index (χ2n) is 6.79. The van der Waals surface area contributed by atoms with E-state index in [2.05, 4.69) is 14.7 Å². The van der Waals surface area contributed by atoms with Crippen LogP contribution >= 0.6 is 0 Å². The number of aromatic nitrogens is 2. The van der Waals surface area contributed by atoms with Crippen LogP contribution in [0.4, 0.5) is 5.69 Å². The summed E-state index contributed by atoms with van der Waals surface area (Å²) >= 11 is 0. The summed E-state index contributed by atoms with van der Waals surface area (Å²) in [6, 6.07) is 13.2. The summed E-state index contributed by atoms with van der Waals surface area (Å²) in [5.41, 5.74) is 5.25. The van der Waals surface area contributed by atoms with Crippen LogP contribution in [0, 0.1) is 34.6 Å². The predicted octanol–water partition coefficient (Wildman–Crippen LogP) is 4.49. The van der Waals surface area contributed by atoms with Crippen LogP contribution in [-0.4, -0.2) is 18.4 Å². The molecule has 1 heterocycles. The number of hydrogen-bond donors (Lipinski definition) is 1. The van der Waals surface area contributed by atoms with Crippen LogP contribution in [0.3, 0.4) is 0 Å². The molecule has 140 valence electrons. The maximum atomic E-state index is 13.2. The molecule has 0 unspecified atom stereocenters. The van der Waals surface area contributed by atoms with Crippen LogP contribution in [0.15, 0.2) is 47.4 Å². The van der Waals surface area contributed by atoms with Crippen LogP contribution in [0.1, 0.15) is 28.3 Å². The number of rotatable bonds is 4. The largest absolute Gasteiger partial charge is 0.276 e. The molecule has 6 heteroatoms. The van der Waals surface area contributed by atoms with Gasteiger partial charge in [0, 0.05) is 5.56 Å². The Morgan fingerprint density at radius 1 is 0.815 bits per heavy atom. The van der Waals surface area contributed by atoms with E-state index < -0.39 is 10.0 Å². The average molecular weight is 382 g/mol. The third-order valence-corrected chi connectivity index (χ3v) is 5.78. The Morgan fingerprint density at radius 3 is 2.07 bits per heavy atom. The normalized spacial score (nSPS) is 11.4. The summed E-state index contributed by atoms with van der Waals surface area (Å²) in [5, 5.41) is 0. The van der Waals surface area contributed by atoms with Crippen molar-refractivity contribution in [3.63, 3.8) is 0 Å². The summed E-state index contributed by atoms with van der Waals surface area (Å²) in [6.45, 7) is 9.27. The molecule has 3 rings (SSSR count). The van der Waals surface area contributed by atoms with Gasteiger partial charge in [-0.05, 0) is 46.2 Å². The van der Waals surface area contributed by atoms with Crippen molar-refractivity contribution in [2.45, 2.75) is 39.5 Å². The number of benzene rings is 2. The first-order chi connectivity index (χ1) is 12.7. The highest BCUT2D eigenvalue weighted by Crippen LogP contribution is 2.31. The van der Waals surface area contributed by atoms with Gasteiger partial charge < -0.3 is 0 Å². The Kier molecular flexibility index (Phi) is 5.02. The van der Waals surface area contributed by atoms with Crippen LogP contribution < -0.4 is 4.72 Å². The highest BCUT2D eigenvalue weighted by atomic mass is 32.2. The van der Waals surface area contributed by atoms with Crippen molar-refractivity contribution in [3.05, 3.63) is 70.8 Å². The lowest BCUT2D eigenvalue weighted by atomic mass is 10.0. The summed E-state index contributed by atoms with van der Waals surface area (Å²) in [5.74, 6) is 0.615. The second-order valence-corrected chi connectivity index (χ2v) is 8.44. The van der Waals surface area contributed by atoms with Gasteiger partial charge >= 0.3 is 0 Å². The minimum Gasteiger partial charge on any atom is -0.276 e. The summed E-state index contributed by atoms with van der Waals surface area (Å²) in [7, 11) is -3.81. The first-order valence-electron chi connectivity index (χ1n) is 8.70. The van der Waals surface area contributed by atoms with Gasteiger partial charge in [-0.3, -0.25) is 4.72 Å². The molecule has 0 aliphatic rings. The smallest absolute Gasteiger partial charge is 0.262 e. The lowest BCUT2D eigenvalue weighted by Gasteiger charge is -2.16. The lowest BCUT2D eigenvalue weighted by molar-refractivity contribution is 0.601. The molecule has 5 nitrogen and oxygen atoms in total. The molecular weight excluding hydrogens is 358 g/mol. The Labute approximate surface area is 160 Å². The monoisotopic (exact) mass is 381 g/mol. The van der Waals surface area contributed by atoms with E-state index >= 15 is 0 Å². The minimum atomic E-state index is -3.81. The first kappa shape index (κ1) is 19.0. The van der Waals surface area contributed by atoms with E-state index in [0.717, 1.165) is 16.7 Å². The Hall–Kier alpha value is -2.73. The molecule has 0 saturated heterocycles. The molecule has 0 atom stereocenters. The number of sulfonamides is 1. The lowest BCUT2D eigenvalue weighted by Crippen LogP contribution is -2.17. The number of anilines is 1. The van der Waals surface area contributed by atoms with E-state index in [4.69, 9.17) is 0 Å². The van der Waals surface area contributed by atoms with Crippen LogP contribution in [0.5, 0.6) is 0 Å². The molecule has 0 aliphatic heterocycles. The van der Waals surface area contributed by atoms with Gasteiger partial charge in [0.05, 0.1) is 22.0 Å². The van der Waals surface area contributed by atoms with Crippen LogP contribution in [0.25, 0.3) is 11.1 Å². The second kappa shape index (κ2) is 7.12. The molecule has 3 aromatic rings. The van der Waals surface area contributed by atoms with E-state index in [1.54, 1.807) is 32.9 Å². The number of nitrogens with zero attached hydrogens (tertiary/aromatic N) is 2. The highest BCUT2D eigenvalue weighted by Gasteiger charge is 2.22. The zero-order valence-corrected chi connectivity index (χ0v) is 17.0. The van der Waals surface area contributed by atoms with E-state index in [1.165, 1.54) is 0 Å². The minimum absolute atomic E-state index is 0.234. The molecule has 0 aliphatic carbocycles. The summed E-state index contributed by atoms with van der Waals surface area (Å²) in [6.07, 6.45) is 0. The molecule has 0 spiro atoms. The quantitative estimate of drug-likeness (QED) is 0.723. The Bertz CT molecular complexity index is 1100. The summed E-state index contributed by atoms with van der Waals surface area (Å²) in [4.78, 5) is 8.80. The van der Waals surface area contributed by atoms with Gasteiger partial charge in [-0.15, -0.1) is 0 Å². The SMILES string of the molecule is Cc1cccc(-c2cc(C)ccc2S(=O)(=O)Nc2c(C)nc(C)nc2C)c1. The van der Waals surface area contributed by atoms with Gasteiger partial charge in [-0.1, -0.05) is 47.5 Å². The molecule has 0 fully saturated rings. The molecule has 0 saturated carbocycles. The van der Waals surface area contributed by atoms with Crippen LogP contribution in [-0.2, 0) is 10.0 Å². The molecular formula is C21H23N3O2S. The molecule has 1 aromatic heterocycles. The third kappa shape index (κ3) is 4.01. The fourth-order valence-corrected chi connectivity index (χ4v) is 4.52. The number of hydrogen-bond acceptors (Lipinski definition) is 4. The molecule has 2 aromatic carbocycles. The number of nitrogens with one attached hydrogen (secondary N) is 1. The third-order valence-electron chi connectivity index (χ3n) is 4.37. The van der Waals surface area contributed by atoms with Crippen molar-refractivity contribution >= 4 is 15.7 Å². The van der Waals surface area contributed by atoms with Gasteiger partial charge in [0.25, 0.3) is 10.0 Å². The van der Waals surface area contributed by atoms with Gasteiger partial charge in [0.2, 0.25) is 0 Å². The average Bonchev–Trinajstić information content (AvgIpc) is 2.58. The molecule has 0 amide bonds. The molecule has 0 radical (unpaired) electrons. The van der Waals surface area contributed by atoms with Crippen molar-refractivity contribution in [2.75, 3.05) is 4.72 Å². The highest BCUT2D eigenvalue weighted by molar-refractivity contribution is 7.92. The Morgan fingerprint density at radius 2 is 1.44 bits per heavy atom. The zero-order chi connectivity index (χ0) is 19.8. The predicted molar refractivity (Wildman–Crippen MR) is 108 cm³/mol. The van der Waals surface area contributed by atoms with Gasteiger partial charge in [0.1, 0.15) is 5.82 Å². The van der Waals surface area contributed by atoms with Crippen molar-refractivity contribution < 1.29 is 8.42 Å². The van der Waals surface area contributed by atoms with E-state index in [-0.39, 0.29) is 4.90 Å². The maximum absolute atomic E-state index is 13.2. The fraction of sp³-hybridized carbons (Fsp3) is 0.238. The van der Waals surface area contributed by atoms with E-state index in [9.17, 15) is 8.42 Å². The van der Waals surface area contributed by atoms with E-state index in [1.807, 2.05) is 44.2 Å². The molecule has 0 bridgehead atoms. The number of aryl methyl sites for hydroxylation is 5. The maximum Gasteiger partial charge on any atom is 0.262 e. The first-order valence-corrected chi connectivity index (χ1v) is 10.2. The topological polar surface area (TPSA) is 72.0 Å². The van der Waals surface area contributed by atoms with Gasteiger partial charge in [-0.25, -0.2) is 18.4 Å². The van der Waals surface area contributed by atoms with Crippen molar-refractivity contribution in [2.24, 2.45) is 0 Å². The van der Waals surface area contributed by atoms with Crippen molar-refractivity contribution in [1.29, 1.82) is 0 Å². The van der Waals surface area contributed by atoms with Gasteiger partial charge in [-0.2, -0.15) is 0 Å².